The number of carbonyl (C=O) groups excluding carboxylic acids is 1. The highest BCUT2D eigenvalue weighted by Gasteiger charge is 2.08. The van der Waals surface area contributed by atoms with Crippen LogP contribution >= 0.6 is 0 Å². The van der Waals surface area contributed by atoms with Gasteiger partial charge in [0.1, 0.15) is 0 Å². The predicted molar refractivity (Wildman–Crippen MR) is 73.7 cm³/mol. The van der Waals surface area contributed by atoms with E-state index in [9.17, 15) is 14.9 Å². The maximum Gasteiger partial charge on any atom is 0.324 e. The third-order valence-electron chi connectivity index (χ3n) is 2.59. The number of nitro benzene ring substituents is 1. The number of amides is 2. The second-order valence-electron chi connectivity index (χ2n) is 4.02. The molecular weight excluding hydrogens is 262 g/mol. The molecule has 0 spiro atoms. The van der Waals surface area contributed by atoms with Crippen molar-refractivity contribution >= 4 is 23.2 Å². The summed E-state index contributed by atoms with van der Waals surface area (Å²) in [5.74, 6) is 0.418. The van der Waals surface area contributed by atoms with Gasteiger partial charge in [0.05, 0.1) is 4.92 Å². The van der Waals surface area contributed by atoms with Crippen molar-refractivity contribution in [2.75, 3.05) is 10.6 Å². The van der Waals surface area contributed by atoms with Crippen LogP contribution in [0.3, 0.4) is 0 Å². The standard InChI is InChI=1S/C12H13N5O3/c1-2-8-7-11(16-15-8)14-12(18)13-9-3-5-10(6-4-9)17(19)20/h3-7H,2H2,1H3,(H3,13,14,15,16,18). The minimum Gasteiger partial charge on any atom is -0.308 e. The Morgan fingerprint density at radius 3 is 2.60 bits per heavy atom. The molecule has 0 saturated heterocycles. The van der Waals surface area contributed by atoms with E-state index in [0.717, 1.165) is 12.1 Å². The number of hydrogen-bond acceptors (Lipinski definition) is 4. The number of nitro groups is 1. The molecule has 1 aromatic carbocycles. The highest BCUT2D eigenvalue weighted by Crippen LogP contribution is 2.15. The zero-order valence-corrected chi connectivity index (χ0v) is 10.7. The van der Waals surface area contributed by atoms with Gasteiger partial charge in [0.25, 0.3) is 5.69 Å². The number of aromatic nitrogens is 2. The molecule has 3 N–H and O–H groups in total. The number of aryl methyl sites for hydroxylation is 1. The topological polar surface area (TPSA) is 113 Å². The van der Waals surface area contributed by atoms with Gasteiger partial charge in [0.2, 0.25) is 0 Å². The van der Waals surface area contributed by atoms with E-state index in [1.807, 2.05) is 6.92 Å². The zero-order chi connectivity index (χ0) is 14.5. The molecule has 104 valence electrons. The molecule has 0 unspecified atom stereocenters. The Kier molecular flexibility index (Phi) is 3.94. The highest BCUT2D eigenvalue weighted by molar-refractivity contribution is 5.99. The van der Waals surface area contributed by atoms with Crippen LogP contribution in [-0.4, -0.2) is 21.2 Å². The largest absolute Gasteiger partial charge is 0.324 e. The summed E-state index contributed by atoms with van der Waals surface area (Å²) < 4.78 is 0. The summed E-state index contributed by atoms with van der Waals surface area (Å²) in [6, 6.07) is 6.82. The molecule has 8 nitrogen and oxygen atoms in total. The lowest BCUT2D eigenvalue weighted by Gasteiger charge is -2.04. The molecule has 0 aliphatic rings. The van der Waals surface area contributed by atoms with Gasteiger partial charge in [0, 0.05) is 29.6 Å². The summed E-state index contributed by atoms with van der Waals surface area (Å²) in [6.45, 7) is 1.97. The van der Waals surface area contributed by atoms with E-state index in [-0.39, 0.29) is 5.69 Å². The van der Waals surface area contributed by atoms with E-state index >= 15 is 0 Å². The van der Waals surface area contributed by atoms with Gasteiger partial charge in [-0.25, -0.2) is 4.79 Å². The Labute approximate surface area is 114 Å². The number of urea groups is 1. The van der Waals surface area contributed by atoms with Crippen molar-refractivity contribution in [3.05, 3.63) is 46.1 Å². The predicted octanol–water partition coefficient (Wildman–Crippen LogP) is 2.52. The molecule has 2 amide bonds. The van der Waals surface area contributed by atoms with Crippen LogP contribution in [0, 0.1) is 10.1 Å². The number of nitrogens with zero attached hydrogens (tertiary/aromatic N) is 2. The number of H-pyrrole nitrogens is 1. The molecule has 20 heavy (non-hydrogen) atoms. The van der Waals surface area contributed by atoms with Gasteiger partial charge in [-0.1, -0.05) is 6.92 Å². The summed E-state index contributed by atoms with van der Waals surface area (Å²) in [4.78, 5) is 21.7. The molecular formula is C12H13N5O3. The molecule has 0 fully saturated rings. The first-order valence-electron chi connectivity index (χ1n) is 5.95. The van der Waals surface area contributed by atoms with Crippen molar-refractivity contribution in [3.63, 3.8) is 0 Å². The van der Waals surface area contributed by atoms with Crippen LogP contribution < -0.4 is 10.6 Å². The SMILES string of the molecule is CCc1cc(NC(=O)Nc2ccc([N+](=O)[O-])cc2)n[nH]1. The average Bonchev–Trinajstić information content (AvgIpc) is 2.86. The molecule has 0 radical (unpaired) electrons. The minimum atomic E-state index is -0.500. The normalized spacial score (nSPS) is 10.1. The maximum atomic E-state index is 11.7. The third kappa shape index (κ3) is 3.31. The van der Waals surface area contributed by atoms with Gasteiger partial charge >= 0.3 is 6.03 Å². The summed E-state index contributed by atoms with van der Waals surface area (Å²) >= 11 is 0. The number of hydrogen-bond donors (Lipinski definition) is 3. The molecule has 0 atom stereocenters. The summed E-state index contributed by atoms with van der Waals surface area (Å²) in [5, 5.41) is 22.3. The van der Waals surface area contributed by atoms with E-state index in [1.54, 1.807) is 6.07 Å². The van der Waals surface area contributed by atoms with Gasteiger partial charge < -0.3 is 5.32 Å². The molecule has 2 aromatic rings. The van der Waals surface area contributed by atoms with Crippen molar-refractivity contribution in [2.24, 2.45) is 0 Å². The maximum absolute atomic E-state index is 11.7. The van der Waals surface area contributed by atoms with Crippen LogP contribution in [0.15, 0.2) is 30.3 Å². The number of aromatic amines is 1. The fourth-order valence-electron chi connectivity index (χ4n) is 1.55. The molecule has 0 bridgehead atoms. The number of anilines is 2. The average molecular weight is 275 g/mol. The van der Waals surface area contributed by atoms with Crippen molar-refractivity contribution in [2.45, 2.75) is 13.3 Å². The van der Waals surface area contributed by atoms with Crippen LogP contribution in [0.5, 0.6) is 0 Å². The fraction of sp³-hybridized carbons (Fsp3) is 0.167. The second kappa shape index (κ2) is 5.83. The molecule has 0 aliphatic carbocycles. The molecule has 0 aliphatic heterocycles. The van der Waals surface area contributed by atoms with Crippen molar-refractivity contribution in [1.29, 1.82) is 0 Å². The van der Waals surface area contributed by atoms with E-state index in [0.29, 0.717) is 11.5 Å². The number of nitrogens with one attached hydrogen (secondary N) is 3. The van der Waals surface area contributed by atoms with Crippen molar-refractivity contribution in [3.8, 4) is 0 Å². The van der Waals surface area contributed by atoms with Gasteiger partial charge in [-0.2, -0.15) is 5.10 Å². The Bertz CT molecular complexity index is 620. The van der Waals surface area contributed by atoms with E-state index in [4.69, 9.17) is 0 Å². The molecule has 2 rings (SSSR count). The number of benzene rings is 1. The Hall–Kier alpha value is -2.90. The van der Waals surface area contributed by atoms with Gasteiger partial charge in [0.15, 0.2) is 5.82 Å². The lowest BCUT2D eigenvalue weighted by Crippen LogP contribution is -2.19. The van der Waals surface area contributed by atoms with Gasteiger partial charge in [-0.3, -0.25) is 20.5 Å². The number of non-ortho nitro benzene ring substituents is 1. The quantitative estimate of drug-likeness (QED) is 0.587. The summed E-state index contributed by atoms with van der Waals surface area (Å²) in [7, 11) is 0. The van der Waals surface area contributed by atoms with Crippen molar-refractivity contribution in [1.82, 2.24) is 10.2 Å². The molecule has 1 aromatic heterocycles. The van der Waals surface area contributed by atoms with Crippen LogP contribution in [0.2, 0.25) is 0 Å². The smallest absolute Gasteiger partial charge is 0.308 e. The monoisotopic (exact) mass is 275 g/mol. The number of rotatable bonds is 4. The third-order valence-corrected chi connectivity index (χ3v) is 2.59. The first-order chi connectivity index (χ1) is 9.58. The van der Waals surface area contributed by atoms with Crippen LogP contribution in [0.1, 0.15) is 12.6 Å². The van der Waals surface area contributed by atoms with E-state index in [2.05, 4.69) is 20.8 Å². The van der Waals surface area contributed by atoms with Gasteiger partial charge in [-0.05, 0) is 18.6 Å². The number of carbonyl (C=O) groups is 1. The first-order valence-corrected chi connectivity index (χ1v) is 5.95. The second-order valence-corrected chi connectivity index (χ2v) is 4.02. The lowest BCUT2D eigenvalue weighted by molar-refractivity contribution is -0.384. The summed E-state index contributed by atoms with van der Waals surface area (Å²) in [5.41, 5.74) is 1.34. The lowest BCUT2D eigenvalue weighted by atomic mass is 10.3. The van der Waals surface area contributed by atoms with Crippen LogP contribution in [0.4, 0.5) is 22.0 Å². The Morgan fingerprint density at radius 1 is 1.35 bits per heavy atom. The zero-order valence-electron chi connectivity index (χ0n) is 10.7. The van der Waals surface area contributed by atoms with E-state index in [1.165, 1.54) is 24.3 Å². The van der Waals surface area contributed by atoms with Crippen LogP contribution in [-0.2, 0) is 6.42 Å². The Morgan fingerprint density at radius 2 is 2.05 bits per heavy atom. The first kappa shape index (κ1) is 13.5. The van der Waals surface area contributed by atoms with Gasteiger partial charge in [-0.15, -0.1) is 0 Å². The highest BCUT2D eigenvalue weighted by atomic mass is 16.6. The molecule has 1 heterocycles. The molecule has 8 heteroatoms. The van der Waals surface area contributed by atoms with Crippen molar-refractivity contribution < 1.29 is 9.72 Å². The fourth-order valence-corrected chi connectivity index (χ4v) is 1.55. The van der Waals surface area contributed by atoms with E-state index < -0.39 is 11.0 Å². The minimum absolute atomic E-state index is 0.0316. The molecule has 0 saturated carbocycles. The van der Waals surface area contributed by atoms with Crippen LogP contribution in [0.25, 0.3) is 0 Å². The summed E-state index contributed by atoms with van der Waals surface area (Å²) in [6.07, 6.45) is 0.790. The Balaban J connectivity index is 1.95.